The van der Waals surface area contributed by atoms with Crippen LogP contribution in [-0.2, 0) is 11.2 Å². The highest BCUT2D eigenvalue weighted by atomic mass is 35.5. The second-order valence-corrected chi connectivity index (χ2v) is 5.43. The Hall–Kier alpha value is -0.650. The van der Waals surface area contributed by atoms with Crippen LogP contribution in [0.1, 0.15) is 23.2 Å². The van der Waals surface area contributed by atoms with Crippen molar-refractivity contribution in [3.63, 3.8) is 0 Å². The van der Waals surface area contributed by atoms with Crippen molar-refractivity contribution in [2.45, 2.75) is 32.7 Å². The van der Waals surface area contributed by atoms with Crippen molar-refractivity contribution >= 4 is 29.7 Å². The Bertz CT molecular complexity index is 354. The number of amides is 1. The highest BCUT2D eigenvalue weighted by molar-refractivity contribution is 7.11. The number of rotatable bonds is 5. The summed E-state index contributed by atoms with van der Waals surface area (Å²) in [6, 6.07) is -0.0722. The first kappa shape index (κ1) is 16.4. The lowest BCUT2D eigenvalue weighted by Gasteiger charge is -2.17. The van der Waals surface area contributed by atoms with E-state index >= 15 is 0 Å². The third kappa shape index (κ3) is 6.00. The van der Waals surface area contributed by atoms with E-state index in [2.05, 4.69) is 4.98 Å². The minimum Gasteiger partial charge on any atom is -0.345 e. The molecular weight excluding hydrogens is 258 g/mol. The van der Waals surface area contributed by atoms with Crippen molar-refractivity contribution in [3.8, 4) is 0 Å². The number of carbonyl (C=O) groups excluding carboxylic acids is 1. The first-order valence-electron chi connectivity index (χ1n) is 5.40. The summed E-state index contributed by atoms with van der Waals surface area (Å²) in [7, 11) is 1.81. The van der Waals surface area contributed by atoms with Gasteiger partial charge in [-0.3, -0.25) is 4.79 Å². The molecule has 1 heterocycles. The van der Waals surface area contributed by atoms with Gasteiger partial charge in [0.1, 0.15) is 0 Å². The summed E-state index contributed by atoms with van der Waals surface area (Å²) < 4.78 is 0. The monoisotopic (exact) mass is 277 g/mol. The van der Waals surface area contributed by atoms with Crippen LogP contribution < -0.4 is 5.73 Å². The van der Waals surface area contributed by atoms with E-state index in [4.69, 9.17) is 5.73 Å². The van der Waals surface area contributed by atoms with Gasteiger partial charge in [-0.1, -0.05) is 0 Å². The normalized spacial score (nSPS) is 11.8. The fraction of sp³-hybridized carbons (Fsp3) is 0.636. The standard InChI is InChI=1S/C11H19N3OS.ClH/c1-8(12)6-11(15)14(3)5-4-10-13-7-9(2)16-10;/h7-8H,4-6,12H2,1-3H3;1H. The zero-order chi connectivity index (χ0) is 12.1. The van der Waals surface area contributed by atoms with E-state index in [0.717, 1.165) is 11.4 Å². The molecule has 0 spiro atoms. The molecule has 1 rings (SSSR count). The molecule has 0 fully saturated rings. The van der Waals surface area contributed by atoms with Crippen molar-refractivity contribution in [1.82, 2.24) is 9.88 Å². The number of hydrogen-bond acceptors (Lipinski definition) is 4. The lowest BCUT2D eigenvalue weighted by Crippen LogP contribution is -2.33. The van der Waals surface area contributed by atoms with Gasteiger partial charge in [0.25, 0.3) is 0 Å². The Morgan fingerprint density at radius 3 is 2.76 bits per heavy atom. The molecular formula is C11H20ClN3OS. The number of thiazole rings is 1. The summed E-state index contributed by atoms with van der Waals surface area (Å²) in [4.78, 5) is 18.8. The maximum Gasteiger partial charge on any atom is 0.223 e. The van der Waals surface area contributed by atoms with Crippen LogP contribution in [0.15, 0.2) is 6.20 Å². The largest absolute Gasteiger partial charge is 0.345 e. The SMILES string of the molecule is Cc1cnc(CCN(C)C(=O)CC(C)N)s1.Cl. The zero-order valence-electron chi connectivity index (χ0n) is 10.5. The van der Waals surface area contributed by atoms with Gasteiger partial charge in [0.05, 0.1) is 5.01 Å². The molecule has 1 amide bonds. The van der Waals surface area contributed by atoms with Crippen molar-refractivity contribution in [1.29, 1.82) is 0 Å². The Morgan fingerprint density at radius 1 is 1.65 bits per heavy atom. The molecule has 0 aliphatic heterocycles. The van der Waals surface area contributed by atoms with Crippen molar-refractivity contribution in [2.75, 3.05) is 13.6 Å². The van der Waals surface area contributed by atoms with Gasteiger partial charge < -0.3 is 10.6 Å². The third-order valence-corrected chi connectivity index (χ3v) is 3.23. The summed E-state index contributed by atoms with van der Waals surface area (Å²) in [6.45, 7) is 4.58. The van der Waals surface area contributed by atoms with Gasteiger partial charge in [-0.25, -0.2) is 4.98 Å². The lowest BCUT2D eigenvalue weighted by molar-refractivity contribution is -0.130. The number of hydrogen-bond donors (Lipinski definition) is 1. The second kappa shape index (κ2) is 7.63. The molecule has 6 heteroatoms. The van der Waals surface area contributed by atoms with Crippen LogP contribution >= 0.6 is 23.7 Å². The topological polar surface area (TPSA) is 59.2 Å². The first-order valence-corrected chi connectivity index (χ1v) is 6.21. The van der Waals surface area contributed by atoms with E-state index in [1.54, 1.807) is 16.2 Å². The molecule has 0 aromatic carbocycles. The predicted octanol–water partition coefficient (Wildman–Crippen LogP) is 1.61. The molecule has 17 heavy (non-hydrogen) atoms. The molecule has 4 nitrogen and oxygen atoms in total. The Balaban J connectivity index is 0.00000256. The molecule has 0 saturated carbocycles. The minimum absolute atomic E-state index is 0. The number of nitrogens with zero attached hydrogens (tertiary/aromatic N) is 2. The van der Waals surface area contributed by atoms with Gasteiger partial charge in [-0.2, -0.15) is 0 Å². The summed E-state index contributed by atoms with van der Waals surface area (Å²) in [5.41, 5.74) is 5.58. The van der Waals surface area contributed by atoms with Gasteiger partial charge in [0, 0.05) is 43.5 Å². The quantitative estimate of drug-likeness (QED) is 0.890. The maximum absolute atomic E-state index is 11.6. The number of aryl methyl sites for hydroxylation is 1. The van der Waals surface area contributed by atoms with Crippen LogP contribution in [0.25, 0.3) is 0 Å². The van der Waals surface area contributed by atoms with Gasteiger partial charge in [0.15, 0.2) is 0 Å². The van der Waals surface area contributed by atoms with E-state index in [1.165, 1.54) is 4.88 Å². The maximum atomic E-state index is 11.6. The highest BCUT2D eigenvalue weighted by Crippen LogP contribution is 2.11. The minimum atomic E-state index is -0.0722. The number of carbonyl (C=O) groups is 1. The molecule has 0 aliphatic carbocycles. The van der Waals surface area contributed by atoms with E-state index in [-0.39, 0.29) is 24.4 Å². The van der Waals surface area contributed by atoms with Gasteiger partial charge >= 0.3 is 0 Å². The summed E-state index contributed by atoms with van der Waals surface area (Å²) in [5, 5.41) is 1.08. The average molecular weight is 278 g/mol. The molecule has 0 radical (unpaired) electrons. The molecule has 1 aromatic rings. The Labute approximate surface area is 113 Å². The Kier molecular flexibility index (Phi) is 7.34. The summed E-state index contributed by atoms with van der Waals surface area (Å²) in [6.07, 6.45) is 3.09. The number of aromatic nitrogens is 1. The van der Waals surface area contributed by atoms with E-state index in [9.17, 15) is 4.79 Å². The van der Waals surface area contributed by atoms with Crippen LogP contribution in [0.2, 0.25) is 0 Å². The lowest BCUT2D eigenvalue weighted by atomic mass is 10.2. The second-order valence-electron chi connectivity index (χ2n) is 4.11. The fourth-order valence-corrected chi connectivity index (χ4v) is 2.11. The predicted molar refractivity (Wildman–Crippen MR) is 73.7 cm³/mol. The molecule has 0 saturated heterocycles. The fourth-order valence-electron chi connectivity index (χ4n) is 1.34. The van der Waals surface area contributed by atoms with Gasteiger partial charge in [-0.15, -0.1) is 23.7 Å². The van der Waals surface area contributed by atoms with Crippen LogP contribution in [0, 0.1) is 6.92 Å². The first-order chi connectivity index (χ1) is 7.49. The van der Waals surface area contributed by atoms with Crippen LogP contribution in [0.3, 0.4) is 0 Å². The average Bonchev–Trinajstić information content (AvgIpc) is 2.59. The van der Waals surface area contributed by atoms with Crippen molar-refractivity contribution < 1.29 is 4.79 Å². The Morgan fingerprint density at radius 2 is 2.29 bits per heavy atom. The third-order valence-electron chi connectivity index (χ3n) is 2.25. The van der Waals surface area contributed by atoms with Crippen molar-refractivity contribution in [2.24, 2.45) is 5.73 Å². The number of likely N-dealkylation sites (N-methyl/N-ethyl adjacent to an activating group) is 1. The molecule has 2 N–H and O–H groups in total. The summed E-state index contributed by atoms with van der Waals surface area (Å²) >= 11 is 1.68. The molecule has 0 aliphatic rings. The van der Waals surface area contributed by atoms with Crippen LogP contribution in [0.4, 0.5) is 0 Å². The van der Waals surface area contributed by atoms with Crippen LogP contribution in [0.5, 0.6) is 0 Å². The molecule has 0 bridgehead atoms. The highest BCUT2D eigenvalue weighted by Gasteiger charge is 2.11. The molecule has 1 aromatic heterocycles. The van der Waals surface area contributed by atoms with Gasteiger partial charge in [0.2, 0.25) is 5.91 Å². The van der Waals surface area contributed by atoms with E-state index in [0.29, 0.717) is 13.0 Å². The van der Waals surface area contributed by atoms with Crippen LogP contribution in [-0.4, -0.2) is 35.4 Å². The molecule has 1 unspecified atom stereocenters. The zero-order valence-corrected chi connectivity index (χ0v) is 12.1. The number of nitrogens with two attached hydrogens (primary N) is 1. The van der Waals surface area contributed by atoms with E-state index < -0.39 is 0 Å². The number of halogens is 1. The van der Waals surface area contributed by atoms with E-state index in [1.807, 2.05) is 27.1 Å². The smallest absolute Gasteiger partial charge is 0.223 e. The van der Waals surface area contributed by atoms with Crippen molar-refractivity contribution in [3.05, 3.63) is 16.1 Å². The van der Waals surface area contributed by atoms with Gasteiger partial charge in [-0.05, 0) is 13.8 Å². The molecule has 1 atom stereocenters. The summed E-state index contributed by atoms with van der Waals surface area (Å²) in [5.74, 6) is 0.100. The molecule has 98 valence electrons.